The number of anilines is 2. The lowest BCUT2D eigenvalue weighted by atomic mass is 10.1. The van der Waals surface area contributed by atoms with Crippen LogP contribution in [0.3, 0.4) is 0 Å². The van der Waals surface area contributed by atoms with E-state index in [0.717, 1.165) is 0 Å². The molecule has 0 saturated heterocycles. The Hall–Kier alpha value is -3.97. The van der Waals surface area contributed by atoms with Crippen molar-refractivity contribution in [1.82, 2.24) is 9.55 Å². The molecule has 2 N–H and O–H groups in total. The van der Waals surface area contributed by atoms with E-state index in [4.69, 9.17) is 11.6 Å². The van der Waals surface area contributed by atoms with Crippen molar-refractivity contribution in [3.8, 4) is 0 Å². The predicted octanol–water partition coefficient (Wildman–Crippen LogP) is 4.33. The minimum absolute atomic E-state index is 0.0487. The molecule has 0 atom stereocenters. The summed E-state index contributed by atoms with van der Waals surface area (Å²) in [5, 5.41) is 6.60. The third-order valence-corrected chi connectivity index (χ3v) is 5.11. The highest BCUT2D eigenvalue weighted by Crippen LogP contribution is 2.19. The van der Waals surface area contributed by atoms with Gasteiger partial charge in [0.2, 0.25) is 5.91 Å². The molecular formula is C24H19ClN4O3. The number of carbonyl (C=O) groups is 2. The predicted molar refractivity (Wildman–Crippen MR) is 125 cm³/mol. The molecule has 7 nitrogen and oxygen atoms in total. The second-order valence-corrected chi connectivity index (χ2v) is 7.50. The lowest BCUT2D eigenvalue weighted by molar-refractivity contribution is -0.116. The zero-order valence-electron chi connectivity index (χ0n) is 16.9. The number of halogens is 1. The standard InChI is InChI=1S/C24H19ClN4O3/c25-16-9-11-17(12-10-16)27-23(31)18-5-1-4-8-21(18)28-22(30)13-14-29-15-26-20-7-3-2-6-19(20)24(29)32/h1-12,15H,13-14H2,(H,27,31)(H,28,30). The highest BCUT2D eigenvalue weighted by molar-refractivity contribution is 6.30. The molecule has 0 aliphatic carbocycles. The van der Waals surface area contributed by atoms with Crippen LogP contribution in [0.5, 0.6) is 0 Å². The van der Waals surface area contributed by atoms with Crippen LogP contribution in [-0.2, 0) is 11.3 Å². The summed E-state index contributed by atoms with van der Waals surface area (Å²) in [6.45, 7) is 0.168. The molecule has 0 unspecified atom stereocenters. The number of benzene rings is 3. The molecule has 4 rings (SSSR count). The molecule has 1 heterocycles. The average molecular weight is 447 g/mol. The van der Waals surface area contributed by atoms with Crippen LogP contribution in [0.15, 0.2) is 83.9 Å². The number of hydrogen-bond donors (Lipinski definition) is 2. The lowest BCUT2D eigenvalue weighted by Crippen LogP contribution is -2.24. The zero-order chi connectivity index (χ0) is 22.5. The summed E-state index contributed by atoms with van der Waals surface area (Å²) >= 11 is 5.87. The first-order valence-electron chi connectivity index (χ1n) is 9.91. The van der Waals surface area contributed by atoms with Crippen LogP contribution in [0, 0.1) is 0 Å². The van der Waals surface area contributed by atoms with E-state index < -0.39 is 0 Å². The maximum Gasteiger partial charge on any atom is 0.261 e. The Bertz CT molecular complexity index is 1350. The quantitative estimate of drug-likeness (QED) is 0.461. The van der Waals surface area contributed by atoms with E-state index >= 15 is 0 Å². The van der Waals surface area contributed by atoms with E-state index in [1.54, 1.807) is 66.7 Å². The molecule has 160 valence electrons. The molecule has 0 radical (unpaired) electrons. The van der Waals surface area contributed by atoms with Gasteiger partial charge in [-0.05, 0) is 48.5 Å². The van der Waals surface area contributed by atoms with Crippen molar-refractivity contribution in [3.05, 3.63) is 100 Å². The largest absolute Gasteiger partial charge is 0.325 e. The van der Waals surface area contributed by atoms with Crippen molar-refractivity contribution in [1.29, 1.82) is 0 Å². The highest BCUT2D eigenvalue weighted by atomic mass is 35.5. The first kappa shape index (κ1) is 21.3. The van der Waals surface area contributed by atoms with Crippen molar-refractivity contribution in [2.24, 2.45) is 0 Å². The molecule has 4 aromatic rings. The van der Waals surface area contributed by atoms with Crippen LogP contribution < -0.4 is 16.2 Å². The van der Waals surface area contributed by atoms with E-state index in [2.05, 4.69) is 15.6 Å². The molecule has 8 heteroatoms. The highest BCUT2D eigenvalue weighted by Gasteiger charge is 2.14. The molecule has 3 aromatic carbocycles. The number of rotatable bonds is 6. The van der Waals surface area contributed by atoms with Gasteiger partial charge in [0.25, 0.3) is 11.5 Å². The second-order valence-electron chi connectivity index (χ2n) is 7.07. The number of carbonyl (C=O) groups excluding carboxylic acids is 2. The third kappa shape index (κ3) is 4.84. The smallest absolute Gasteiger partial charge is 0.261 e. The lowest BCUT2D eigenvalue weighted by Gasteiger charge is -2.12. The number of nitrogens with one attached hydrogen (secondary N) is 2. The van der Waals surface area contributed by atoms with Crippen molar-refractivity contribution < 1.29 is 9.59 Å². The first-order valence-corrected chi connectivity index (χ1v) is 10.3. The third-order valence-electron chi connectivity index (χ3n) is 4.86. The van der Waals surface area contributed by atoms with E-state index in [-0.39, 0.29) is 30.3 Å². The Balaban J connectivity index is 1.44. The zero-order valence-corrected chi connectivity index (χ0v) is 17.7. The van der Waals surface area contributed by atoms with Crippen molar-refractivity contribution in [2.45, 2.75) is 13.0 Å². The van der Waals surface area contributed by atoms with Crippen LogP contribution in [0.4, 0.5) is 11.4 Å². The van der Waals surface area contributed by atoms with Crippen LogP contribution in [0.25, 0.3) is 10.9 Å². The minimum Gasteiger partial charge on any atom is -0.325 e. The van der Waals surface area contributed by atoms with Gasteiger partial charge in [-0.3, -0.25) is 19.0 Å². The van der Waals surface area contributed by atoms with Gasteiger partial charge in [0.1, 0.15) is 0 Å². The molecule has 2 amide bonds. The number of hydrogen-bond acceptors (Lipinski definition) is 4. The SMILES string of the molecule is O=C(CCn1cnc2ccccc2c1=O)Nc1ccccc1C(=O)Nc1ccc(Cl)cc1. The number of nitrogens with zero attached hydrogens (tertiary/aromatic N) is 2. The minimum atomic E-state index is -0.363. The van der Waals surface area contributed by atoms with E-state index in [1.165, 1.54) is 10.9 Å². The number of amides is 2. The molecule has 0 fully saturated rings. The summed E-state index contributed by atoms with van der Waals surface area (Å²) in [7, 11) is 0. The Labute approximate surface area is 188 Å². The summed E-state index contributed by atoms with van der Waals surface area (Å²) in [6.07, 6.45) is 1.48. The van der Waals surface area contributed by atoms with Gasteiger partial charge in [0.05, 0.1) is 28.5 Å². The number of fused-ring (bicyclic) bond motifs is 1. The van der Waals surface area contributed by atoms with Gasteiger partial charge in [0.15, 0.2) is 0 Å². The fraction of sp³-hybridized carbons (Fsp3) is 0.0833. The summed E-state index contributed by atoms with van der Waals surface area (Å²) in [5.74, 6) is -0.685. The second kappa shape index (κ2) is 9.45. The van der Waals surface area contributed by atoms with Gasteiger partial charge in [-0.25, -0.2) is 4.98 Å². The van der Waals surface area contributed by atoms with E-state index in [1.807, 2.05) is 6.07 Å². The van der Waals surface area contributed by atoms with Crippen LogP contribution in [-0.4, -0.2) is 21.4 Å². The molecule has 0 aliphatic heterocycles. The number of para-hydroxylation sites is 2. The summed E-state index contributed by atoms with van der Waals surface area (Å²) in [6, 6.07) is 20.5. The van der Waals surface area contributed by atoms with Gasteiger partial charge in [-0.15, -0.1) is 0 Å². The monoisotopic (exact) mass is 446 g/mol. The maximum atomic E-state index is 12.7. The molecular weight excluding hydrogens is 428 g/mol. The fourth-order valence-electron chi connectivity index (χ4n) is 3.22. The Morgan fingerprint density at radius 2 is 1.62 bits per heavy atom. The summed E-state index contributed by atoms with van der Waals surface area (Å²) < 4.78 is 1.40. The average Bonchev–Trinajstić information content (AvgIpc) is 2.80. The Kier molecular flexibility index (Phi) is 6.28. The molecule has 0 spiro atoms. The van der Waals surface area contributed by atoms with Crippen LogP contribution in [0.1, 0.15) is 16.8 Å². The topological polar surface area (TPSA) is 93.1 Å². The van der Waals surface area contributed by atoms with Gasteiger partial charge in [-0.2, -0.15) is 0 Å². The maximum absolute atomic E-state index is 12.7. The van der Waals surface area contributed by atoms with Gasteiger partial charge in [0, 0.05) is 23.7 Å². The van der Waals surface area contributed by atoms with E-state index in [0.29, 0.717) is 32.9 Å². The molecule has 0 aliphatic rings. The van der Waals surface area contributed by atoms with Crippen molar-refractivity contribution >= 4 is 45.7 Å². The molecule has 0 saturated carbocycles. The molecule has 0 bridgehead atoms. The fourth-order valence-corrected chi connectivity index (χ4v) is 3.35. The normalized spacial score (nSPS) is 10.7. The van der Waals surface area contributed by atoms with Gasteiger partial charge < -0.3 is 10.6 Å². The molecule has 1 aromatic heterocycles. The van der Waals surface area contributed by atoms with Gasteiger partial charge >= 0.3 is 0 Å². The van der Waals surface area contributed by atoms with E-state index in [9.17, 15) is 14.4 Å². The summed E-state index contributed by atoms with van der Waals surface area (Å²) in [5.41, 5.74) is 1.70. The van der Waals surface area contributed by atoms with Crippen LogP contribution in [0.2, 0.25) is 5.02 Å². The van der Waals surface area contributed by atoms with Crippen LogP contribution >= 0.6 is 11.6 Å². The Morgan fingerprint density at radius 1 is 0.906 bits per heavy atom. The summed E-state index contributed by atoms with van der Waals surface area (Å²) in [4.78, 5) is 42.1. The Morgan fingerprint density at radius 3 is 2.44 bits per heavy atom. The van der Waals surface area contributed by atoms with Crippen molar-refractivity contribution in [3.63, 3.8) is 0 Å². The van der Waals surface area contributed by atoms with Gasteiger partial charge in [-0.1, -0.05) is 35.9 Å². The number of aromatic nitrogens is 2. The first-order chi connectivity index (χ1) is 15.5. The molecule has 32 heavy (non-hydrogen) atoms. The van der Waals surface area contributed by atoms with Crippen molar-refractivity contribution in [2.75, 3.05) is 10.6 Å². The number of aryl methyl sites for hydroxylation is 1.